The van der Waals surface area contributed by atoms with Gasteiger partial charge in [-0.05, 0) is 97.3 Å². The zero-order valence-electron chi connectivity index (χ0n) is 40.4. The Morgan fingerprint density at radius 3 is 1.10 bits per heavy atom. The molecule has 2 heterocycles. The molecule has 2 unspecified atom stereocenters. The summed E-state index contributed by atoms with van der Waals surface area (Å²) in [6.07, 6.45) is 44.6. The van der Waals surface area contributed by atoms with E-state index in [-0.39, 0.29) is 12.2 Å². The molecule has 0 amide bonds. The third kappa shape index (κ3) is 15.9. The van der Waals surface area contributed by atoms with Crippen molar-refractivity contribution >= 4 is 0 Å². The van der Waals surface area contributed by atoms with E-state index >= 15 is 0 Å². The fraction of sp³-hybridized carbons (Fsp3) is 0.655. The number of aryl methyl sites for hydroxylation is 2. The average Bonchev–Trinajstić information content (AvgIpc) is 3.33. The molecule has 0 saturated heterocycles. The number of nitrogens with zero attached hydrogens (tertiary/aromatic N) is 4. The summed E-state index contributed by atoms with van der Waals surface area (Å²) in [5.74, 6) is 4.37. The molecule has 0 radical (unpaired) electrons. The summed E-state index contributed by atoms with van der Waals surface area (Å²) < 4.78 is 7.78. The lowest BCUT2D eigenvalue weighted by Crippen LogP contribution is -2.28. The summed E-state index contributed by atoms with van der Waals surface area (Å²) in [5, 5.41) is 0. The van der Waals surface area contributed by atoms with Crippen molar-refractivity contribution in [3.8, 4) is 22.8 Å². The number of benzene rings is 2. The number of hydrogen-bond donors (Lipinski definition) is 0. The van der Waals surface area contributed by atoms with Crippen molar-refractivity contribution in [2.45, 2.75) is 220 Å². The van der Waals surface area contributed by atoms with Crippen LogP contribution in [0.15, 0.2) is 73.3 Å². The number of hydrogen-bond acceptors (Lipinski definition) is 5. The van der Waals surface area contributed by atoms with Gasteiger partial charge in [-0.25, -0.2) is 19.9 Å². The predicted octanol–water partition coefficient (Wildman–Crippen LogP) is 17.2. The fourth-order valence-electron chi connectivity index (χ4n) is 10.8. The van der Waals surface area contributed by atoms with Crippen LogP contribution in [0.4, 0.5) is 0 Å². The Labute approximate surface area is 384 Å². The normalized spacial score (nSPS) is 20.1. The molecule has 2 aromatic carbocycles. The molecule has 2 aromatic heterocycles. The van der Waals surface area contributed by atoms with Gasteiger partial charge in [-0.15, -0.1) is 0 Å². The zero-order chi connectivity index (χ0) is 43.9. The third-order valence-corrected chi connectivity index (χ3v) is 14.9. The summed E-state index contributed by atoms with van der Waals surface area (Å²) in [7, 11) is 0. The summed E-state index contributed by atoms with van der Waals surface area (Å²) in [5.41, 5.74) is 7.26. The third-order valence-electron chi connectivity index (χ3n) is 14.9. The monoisotopic (exact) mass is 855 g/mol. The molecule has 4 aromatic rings. The molecular formula is C58H86N4O. The van der Waals surface area contributed by atoms with Crippen LogP contribution in [0.3, 0.4) is 0 Å². The van der Waals surface area contributed by atoms with E-state index in [9.17, 15) is 0 Å². The minimum absolute atomic E-state index is 0.0518. The second-order valence-corrected chi connectivity index (χ2v) is 19.9. The second kappa shape index (κ2) is 27.8. The largest absolute Gasteiger partial charge is 0.365 e. The number of unbranched alkanes of at least 4 members (excludes halogenated alkanes) is 12. The minimum atomic E-state index is 0.0518. The van der Waals surface area contributed by atoms with E-state index in [4.69, 9.17) is 24.7 Å². The van der Waals surface area contributed by atoms with Gasteiger partial charge in [0, 0.05) is 35.9 Å². The first-order valence-electron chi connectivity index (χ1n) is 26.6. The Morgan fingerprint density at radius 1 is 0.413 bits per heavy atom. The number of aromatic nitrogens is 4. The molecule has 6 rings (SSSR count). The van der Waals surface area contributed by atoms with Gasteiger partial charge in [0.1, 0.15) is 0 Å². The maximum Gasteiger partial charge on any atom is 0.159 e. The van der Waals surface area contributed by atoms with E-state index in [1.165, 1.54) is 189 Å². The van der Waals surface area contributed by atoms with Crippen molar-refractivity contribution < 1.29 is 4.74 Å². The first kappa shape index (κ1) is 49.0. The average molecular weight is 855 g/mol. The zero-order valence-corrected chi connectivity index (χ0v) is 40.4. The SMILES string of the molecule is CCCCCCC[C@H]1CC[C@H](C(OC(c2ccc(-c3ncc(CCCCC)cn3)cc2)[C@H]2CC[C@H](CCCCCCC)CC2)c2ccc(-c3ncc(CCCCC)cn3)cc2)CC1. The van der Waals surface area contributed by atoms with E-state index in [2.05, 4.69) is 76.2 Å². The van der Waals surface area contributed by atoms with Crippen molar-refractivity contribution in [1.82, 2.24) is 19.9 Å². The van der Waals surface area contributed by atoms with Crippen LogP contribution in [-0.2, 0) is 17.6 Å². The Balaban J connectivity index is 1.22. The van der Waals surface area contributed by atoms with E-state index in [0.717, 1.165) is 47.5 Å². The van der Waals surface area contributed by atoms with Crippen molar-refractivity contribution in [1.29, 1.82) is 0 Å². The highest BCUT2D eigenvalue weighted by atomic mass is 16.5. The molecule has 2 fully saturated rings. The quantitative estimate of drug-likeness (QED) is 0.0533. The molecule has 2 aliphatic carbocycles. The van der Waals surface area contributed by atoms with Gasteiger partial charge in [0.05, 0.1) is 12.2 Å². The maximum absolute atomic E-state index is 7.78. The summed E-state index contributed by atoms with van der Waals surface area (Å²) in [6.45, 7) is 9.15. The fourth-order valence-corrected chi connectivity index (χ4v) is 10.8. The van der Waals surface area contributed by atoms with Crippen LogP contribution in [0, 0.1) is 23.7 Å². The van der Waals surface area contributed by atoms with Crippen molar-refractivity contribution in [2.75, 3.05) is 0 Å². The van der Waals surface area contributed by atoms with Crippen molar-refractivity contribution in [3.05, 3.63) is 95.6 Å². The second-order valence-electron chi connectivity index (χ2n) is 19.9. The van der Waals surface area contributed by atoms with Gasteiger partial charge in [-0.3, -0.25) is 0 Å². The topological polar surface area (TPSA) is 60.8 Å². The predicted molar refractivity (Wildman–Crippen MR) is 266 cm³/mol. The highest BCUT2D eigenvalue weighted by Crippen LogP contribution is 2.47. The van der Waals surface area contributed by atoms with Gasteiger partial charge in [0.15, 0.2) is 11.6 Å². The van der Waals surface area contributed by atoms with Gasteiger partial charge in [-0.2, -0.15) is 0 Å². The van der Waals surface area contributed by atoms with Gasteiger partial charge in [0.25, 0.3) is 0 Å². The molecule has 2 atom stereocenters. The van der Waals surface area contributed by atoms with Gasteiger partial charge < -0.3 is 4.74 Å². The summed E-state index contributed by atoms with van der Waals surface area (Å²) >= 11 is 0. The Hall–Kier alpha value is -3.44. The lowest BCUT2D eigenvalue weighted by Gasteiger charge is -2.40. The van der Waals surface area contributed by atoms with Gasteiger partial charge in [0.2, 0.25) is 0 Å². The lowest BCUT2D eigenvalue weighted by atomic mass is 9.74. The van der Waals surface area contributed by atoms with Crippen LogP contribution in [0.2, 0.25) is 0 Å². The van der Waals surface area contributed by atoms with E-state index in [0.29, 0.717) is 11.8 Å². The molecule has 63 heavy (non-hydrogen) atoms. The van der Waals surface area contributed by atoms with Gasteiger partial charge >= 0.3 is 0 Å². The maximum atomic E-state index is 7.78. The molecule has 0 aliphatic heterocycles. The van der Waals surface area contributed by atoms with Crippen LogP contribution < -0.4 is 0 Å². The van der Waals surface area contributed by atoms with Crippen molar-refractivity contribution in [3.63, 3.8) is 0 Å². The highest BCUT2D eigenvalue weighted by Gasteiger charge is 2.36. The minimum Gasteiger partial charge on any atom is -0.365 e. The molecule has 5 heteroatoms. The first-order valence-corrected chi connectivity index (χ1v) is 26.6. The number of ether oxygens (including phenoxy) is 1. The van der Waals surface area contributed by atoms with Crippen LogP contribution >= 0.6 is 0 Å². The summed E-state index contributed by atoms with van der Waals surface area (Å²) in [6, 6.07) is 18.4. The Kier molecular flexibility index (Phi) is 21.6. The van der Waals surface area contributed by atoms with E-state index in [1.807, 2.05) is 24.8 Å². The molecule has 0 spiro atoms. The number of rotatable bonds is 28. The van der Waals surface area contributed by atoms with Crippen LogP contribution in [0.5, 0.6) is 0 Å². The van der Waals surface area contributed by atoms with Crippen LogP contribution in [0.1, 0.15) is 229 Å². The molecular weight excluding hydrogens is 769 g/mol. The van der Waals surface area contributed by atoms with Crippen LogP contribution in [-0.4, -0.2) is 19.9 Å². The van der Waals surface area contributed by atoms with E-state index < -0.39 is 0 Å². The standard InChI is InChI=1S/C58H86N4O/c1-5-9-13-15-19-21-45-25-29-49(30-26-45)55(51-33-37-53(38-34-51)57-59-41-47(42-60-57)23-17-11-7-3)63-56(50-31-27-46(28-32-50)22-20-16-14-10-6-2)52-35-39-54(40-36-52)58-61-43-48(44-62-58)24-18-12-8-4/h33-46,49-50,55-56H,5-32H2,1-4H3/t45-,46-,49-,50-,55?,56?. The lowest BCUT2D eigenvalue weighted by molar-refractivity contribution is -0.0907. The Bertz CT molecular complexity index is 1640. The van der Waals surface area contributed by atoms with E-state index in [1.54, 1.807) is 0 Å². The molecule has 0 N–H and O–H groups in total. The molecule has 2 saturated carbocycles. The molecule has 0 bridgehead atoms. The van der Waals surface area contributed by atoms with Gasteiger partial charge in [-0.1, -0.05) is 205 Å². The van der Waals surface area contributed by atoms with Crippen LogP contribution in [0.25, 0.3) is 22.8 Å². The smallest absolute Gasteiger partial charge is 0.159 e. The highest BCUT2D eigenvalue weighted by molar-refractivity contribution is 5.56. The Morgan fingerprint density at radius 2 is 0.746 bits per heavy atom. The first-order chi connectivity index (χ1) is 31.1. The molecule has 2 aliphatic rings. The van der Waals surface area contributed by atoms with Crippen molar-refractivity contribution in [2.24, 2.45) is 23.7 Å². The molecule has 344 valence electrons. The molecule has 5 nitrogen and oxygen atoms in total. The summed E-state index contributed by atoms with van der Waals surface area (Å²) in [4.78, 5) is 19.3.